The number of carbonyl (C=O) groups excluding carboxylic acids is 1. The largest absolute Gasteiger partial charge is 0.392 e. The van der Waals surface area contributed by atoms with Crippen LogP contribution in [-0.2, 0) is 17.9 Å². The zero-order valence-corrected chi connectivity index (χ0v) is 19.0. The van der Waals surface area contributed by atoms with Crippen molar-refractivity contribution < 1.29 is 14.3 Å². The molecule has 3 aromatic rings. The summed E-state index contributed by atoms with van der Waals surface area (Å²) in [6.07, 6.45) is 1.40. The summed E-state index contributed by atoms with van der Waals surface area (Å²) in [6, 6.07) is 15.9. The highest BCUT2D eigenvalue weighted by atomic mass is 19.1. The average Bonchev–Trinajstić information content (AvgIpc) is 3.42. The number of nitrogens with one attached hydrogen (secondary N) is 3. The van der Waals surface area contributed by atoms with Crippen LogP contribution in [0.15, 0.2) is 60.8 Å². The van der Waals surface area contributed by atoms with Crippen molar-refractivity contribution in [3.63, 3.8) is 0 Å². The van der Waals surface area contributed by atoms with Gasteiger partial charge in [0.15, 0.2) is 0 Å². The number of benzene rings is 2. The third kappa shape index (κ3) is 5.49. The Morgan fingerprint density at radius 3 is 2.48 bits per heavy atom. The SMILES string of the molecule is CC(C)c1ncc([C@@H]2[C@H](O)[C@@H](C(=O)NCc3ccccc3)C[C@H]2NCc2ccc(F)cc2)[nH]1. The Balaban J connectivity index is 1.50. The summed E-state index contributed by atoms with van der Waals surface area (Å²) in [5.41, 5.74) is 2.77. The number of aromatic nitrogens is 2. The van der Waals surface area contributed by atoms with Gasteiger partial charge in [-0.05, 0) is 29.7 Å². The second kappa shape index (κ2) is 10.3. The number of nitrogens with zero attached hydrogens (tertiary/aromatic N) is 1. The molecule has 0 radical (unpaired) electrons. The molecular formula is C26H31FN4O2. The van der Waals surface area contributed by atoms with Crippen molar-refractivity contribution in [2.75, 3.05) is 0 Å². The lowest BCUT2D eigenvalue weighted by Gasteiger charge is -2.22. The highest BCUT2D eigenvalue weighted by molar-refractivity contribution is 5.80. The predicted molar refractivity (Wildman–Crippen MR) is 125 cm³/mol. The van der Waals surface area contributed by atoms with Gasteiger partial charge in [-0.1, -0.05) is 56.3 Å². The molecule has 2 aromatic carbocycles. The molecule has 0 spiro atoms. The quantitative estimate of drug-likeness (QED) is 0.422. The Morgan fingerprint density at radius 2 is 1.82 bits per heavy atom. The van der Waals surface area contributed by atoms with Crippen molar-refractivity contribution in [2.45, 2.75) is 57.3 Å². The molecule has 1 heterocycles. The summed E-state index contributed by atoms with van der Waals surface area (Å²) in [5.74, 6) is -0.208. The van der Waals surface area contributed by atoms with Crippen LogP contribution in [0.25, 0.3) is 0 Å². The first-order chi connectivity index (χ1) is 15.9. The Hall–Kier alpha value is -3.03. The molecule has 4 N–H and O–H groups in total. The predicted octanol–water partition coefficient (Wildman–Crippen LogP) is 3.61. The van der Waals surface area contributed by atoms with Gasteiger partial charge in [0.05, 0.1) is 12.0 Å². The van der Waals surface area contributed by atoms with Crippen molar-refractivity contribution in [3.05, 3.63) is 89.3 Å². The molecule has 7 heteroatoms. The number of aromatic amines is 1. The topological polar surface area (TPSA) is 90.0 Å². The van der Waals surface area contributed by atoms with E-state index in [0.29, 0.717) is 19.5 Å². The summed E-state index contributed by atoms with van der Waals surface area (Å²) in [6.45, 7) is 5.04. The fourth-order valence-electron chi connectivity index (χ4n) is 4.50. The summed E-state index contributed by atoms with van der Waals surface area (Å²) in [5, 5.41) is 17.7. The zero-order valence-electron chi connectivity index (χ0n) is 19.0. The molecule has 1 amide bonds. The number of aliphatic hydroxyl groups is 1. The normalized spacial score (nSPS) is 22.6. The Labute approximate surface area is 193 Å². The third-order valence-electron chi connectivity index (χ3n) is 6.37. The van der Waals surface area contributed by atoms with Gasteiger partial charge in [-0.3, -0.25) is 4.79 Å². The molecule has 0 bridgehead atoms. The van der Waals surface area contributed by atoms with Crippen LogP contribution in [0, 0.1) is 11.7 Å². The van der Waals surface area contributed by atoms with Crippen LogP contribution in [-0.4, -0.2) is 33.1 Å². The molecule has 1 aliphatic rings. The lowest BCUT2D eigenvalue weighted by molar-refractivity contribution is -0.127. The Morgan fingerprint density at radius 1 is 1.12 bits per heavy atom. The number of amides is 1. The standard InChI is InChI=1S/C26H31FN4O2/c1-16(2)25-29-15-22(31-25)23-21(28-13-18-8-10-19(27)11-9-18)12-20(24(23)32)26(33)30-14-17-6-4-3-5-7-17/h3-11,15-16,20-21,23-24,28,32H,12-14H2,1-2H3,(H,29,31)(H,30,33)/t20-,21+,23+,24+/m0/s1. The number of aliphatic hydroxyl groups excluding tert-OH is 1. The molecule has 0 aliphatic heterocycles. The van der Waals surface area contributed by atoms with Crippen molar-refractivity contribution in [3.8, 4) is 0 Å². The molecule has 1 aromatic heterocycles. The van der Waals surface area contributed by atoms with Crippen molar-refractivity contribution >= 4 is 5.91 Å². The van der Waals surface area contributed by atoms with Crippen LogP contribution >= 0.6 is 0 Å². The highest BCUT2D eigenvalue weighted by Gasteiger charge is 2.47. The van der Waals surface area contributed by atoms with Crippen LogP contribution in [0.1, 0.15) is 54.7 Å². The number of hydrogen-bond donors (Lipinski definition) is 4. The maximum Gasteiger partial charge on any atom is 0.226 e. The number of imidazole rings is 1. The van der Waals surface area contributed by atoms with Gasteiger partial charge < -0.3 is 20.7 Å². The fourth-order valence-corrected chi connectivity index (χ4v) is 4.50. The summed E-state index contributed by atoms with van der Waals surface area (Å²) in [7, 11) is 0. The lowest BCUT2D eigenvalue weighted by atomic mass is 9.96. The van der Waals surface area contributed by atoms with E-state index < -0.39 is 12.0 Å². The maximum atomic E-state index is 13.3. The lowest BCUT2D eigenvalue weighted by Crippen LogP contribution is -2.36. The van der Waals surface area contributed by atoms with E-state index in [1.165, 1.54) is 12.1 Å². The molecular weight excluding hydrogens is 419 g/mol. The van der Waals surface area contributed by atoms with Crippen LogP contribution < -0.4 is 10.6 Å². The van der Waals surface area contributed by atoms with Gasteiger partial charge in [-0.2, -0.15) is 0 Å². The number of rotatable bonds is 8. The highest BCUT2D eigenvalue weighted by Crippen LogP contribution is 2.39. The minimum absolute atomic E-state index is 0.141. The first kappa shape index (κ1) is 23.1. The second-order valence-electron chi connectivity index (χ2n) is 9.05. The maximum absolute atomic E-state index is 13.3. The van der Waals surface area contributed by atoms with Crippen molar-refractivity contribution in [2.24, 2.45) is 5.92 Å². The Bertz CT molecular complexity index is 1050. The fraction of sp³-hybridized carbons (Fsp3) is 0.385. The van der Waals surface area contributed by atoms with Crippen molar-refractivity contribution in [1.82, 2.24) is 20.6 Å². The van der Waals surface area contributed by atoms with E-state index in [4.69, 9.17) is 0 Å². The van der Waals surface area contributed by atoms with E-state index in [1.54, 1.807) is 18.3 Å². The van der Waals surface area contributed by atoms with Crippen molar-refractivity contribution in [1.29, 1.82) is 0 Å². The van der Waals surface area contributed by atoms with Gasteiger partial charge in [0.25, 0.3) is 0 Å². The monoisotopic (exact) mass is 450 g/mol. The third-order valence-corrected chi connectivity index (χ3v) is 6.37. The van der Waals surface area contributed by atoms with E-state index in [1.807, 2.05) is 30.3 Å². The Kier molecular flexibility index (Phi) is 7.20. The number of H-pyrrole nitrogens is 1. The molecule has 4 rings (SSSR count). The first-order valence-corrected chi connectivity index (χ1v) is 11.4. The van der Waals surface area contributed by atoms with Crippen LogP contribution in [0.2, 0.25) is 0 Å². The van der Waals surface area contributed by atoms with E-state index in [0.717, 1.165) is 22.6 Å². The van der Waals surface area contributed by atoms with Gasteiger partial charge in [0.1, 0.15) is 11.6 Å². The van der Waals surface area contributed by atoms with Gasteiger partial charge in [0.2, 0.25) is 5.91 Å². The van der Waals surface area contributed by atoms with Gasteiger partial charge in [-0.15, -0.1) is 0 Å². The summed E-state index contributed by atoms with van der Waals surface area (Å²) in [4.78, 5) is 20.8. The van der Waals surface area contributed by atoms with E-state index in [9.17, 15) is 14.3 Å². The second-order valence-corrected chi connectivity index (χ2v) is 9.05. The summed E-state index contributed by atoms with van der Waals surface area (Å²) < 4.78 is 13.3. The minimum atomic E-state index is -0.855. The molecule has 33 heavy (non-hydrogen) atoms. The zero-order chi connectivity index (χ0) is 23.4. The molecule has 0 unspecified atom stereocenters. The van der Waals surface area contributed by atoms with E-state index in [2.05, 4.69) is 34.4 Å². The number of hydrogen-bond acceptors (Lipinski definition) is 4. The van der Waals surface area contributed by atoms with Crippen LogP contribution in [0.4, 0.5) is 4.39 Å². The van der Waals surface area contributed by atoms with Crippen LogP contribution in [0.5, 0.6) is 0 Å². The molecule has 1 fully saturated rings. The first-order valence-electron chi connectivity index (χ1n) is 11.4. The molecule has 4 atom stereocenters. The number of halogens is 1. The molecule has 1 saturated carbocycles. The number of carbonyl (C=O) groups is 1. The molecule has 0 saturated heterocycles. The van der Waals surface area contributed by atoms with Gasteiger partial charge in [0, 0.05) is 42.9 Å². The van der Waals surface area contributed by atoms with E-state index in [-0.39, 0.29) is 29.6 Å². The molecule has 1 aliphatic carbocycles. The van der Waals surface area contributed by atoms with Gasteiger partial charge in [-0.25, -0.2) is 9.37 Å². The summed E-state index contributed by atoms with van der Waals surface area (Å²) >= 11 is 0. The molecule has 6 nitrogen and oxygen atoms in total. The smallest absolute Gasteiger partial charge is 0.226 e. The van der Waals surface area contributed by atoms with E-state index >= 15 is 0 Å². The van der Waals surface area contributed by atoms with Crippen LogP contribution in [0.3, 0.4) is 0 Å². The van der Waals surface area contributed by atoms with Gasteiger partial charge >= 0.3 is 0 Å². The molecule has 174 valence electrons. The minimum Gasteiger partial charge on any atom is -0.392 e. The average molecular weight is 451 g/mol.